The lowest BCUT2D eigenvalue weighted by Crippen LogP contribution is -2.40. The molecule has 0 bridgehead atoms. The van der Waals surface area contributed by atoms with Crippen molar-refractivity contribution in [1.29, 1.82) is 0 Å². The summed E-state index contributed by atoms with van der Waals surface area (Å²) in [6.07, 6.45) is 7.24. The highest BCUT2D eigenvalue weighted by atomic mass is 35.5. The molecule has 0 aliphatic carbocycles. The molecule has 0 aromatic heterocycles. The summed E-state index contributed by atoms with van der Waals surface area (Å²) in [4.78, 5) is 17.8. The Hall–Kier alpha value is -2.48. The number of fused-ring (bicyclic) bond motifs is 1. The summed E-state index contributed by atoms with van der Waals surface area (Å²) in [6.45, 7) is 3.85. The molecule has 1 unspecified atom stereocenters. The van der Waals surface area contributed by atoms with Crippen molar-refractivity contribution >= 4 is 23.3 Å². The van der Waals surface area contributed by atoms with Gasteiger partial charge in [0.2, 0.25) is 5.91 Å². The molecule has 4 aliphatic heterocycles. The Labute approximate surface area is 168 Å². The van der Waals surface area contributed by atoms with E-state index in [9.17, 15) is 9.18 Å². The molecular weight excluding hydrogens is 383 g/mol. The Morgan fingerprint density at radius 2 is 2.11 bits per heavy atom. The maximum absolute atomic E-state index is 14.3. The van der Waals surface area contributed by atoms with Gasteiger partial charge in [0.05, 0.1) is 11.6 Å². The second-order valence-electron chi connectivity index (χ2n) is 7.35. The molecule has 0 radical (unpaired) electrons. The SMILES string of the molecule is CC(=O)N1CCC(CNC2=C(F)CNC(C3=CNC4NC=C(Cl)C=C34)=N2)CC1. The standard InChI is InChI=1S/C19H24ClFN6O/c1-11(28)27-4-2-12(3-5-27)7-22-19-16(21)10-25-18(26-19)15-9-24-17-14(15)6-13(20)8-23-17/h6,8-9,12,17,22-24H,2-5,7,10H2,1H3,(H,25,26). The van der Waals surface area contributed by atoms with E-state index in [4.69, 9.17) is 11.6 Å². The summed E-state index contributed by atoms with van der Waals surface area (Å²) >= 11 is 6.11. The first-order valence-corrected chi connectivity index (χ1v) is 9.90. The van der Waals surface area contributed by atoms with E-state index in [1.807, 2.05) is 17.2 Å². The van der Waals surface area contributed by atoms with Gasteiger partial charge < -0.3 is 26.2 Å². The van der Waals surface area contributed by atoms with Gasteiger partial charge in [-0.1, -0.05) is 11.6 Å². The predicted molar refractivity (Wildman–Crippen MR) is 107 cm³/mol. The summed E-state index contributed by atoms with van der Waals surface area (Å²) < 4.78 is 14.3. The number of hydrogen-bond donors (Lipinski definition) is 4. The van der Waals surface area contributed by atoms with Crippen LogP contribution in [0.15, 0.2) is 51.3 Å². The van der Waals surface area contributed by atoms with Gasteiger partial charge in [0.25, 0.3) is 0 Å². The van der Waals surface area contributed by atoms with E-state index in [-0.39, 0.29) is 30.3 Å². The van der Waals surface area contributed by atoms with E-state index in [1.54, 1.807) is 13.1 Å². The van der Waals surface area contributed by atoms with Crippen LogP contribution in [0.25, 0.3) is 0 Å². The zero-order chi connectivity index (χ0) is 19.7. The summed E-state index contributed by atoms with van der Waals surface area (Å²) in [6, 6.07) is 0. The van der Waals surface area contributed by atoms with Crippen LogP contribution in [0.2, 0.25) is 0 Å². The van der Waals surface area contributed by atoms with Crippen LogP contribution in [0.4, 0.5) is 4.39 Å². The van der Waals surface area contributed by atoms with Crippen LogP contribution in [0, 0.1) is 5.92 Å². The number of dihydropyridines is 1. The average molecular weight is 407 g/mol. The van der Waals surface area contributed by atoms with Gasteiger partial charge in [-0.05, 0) is 24.8 Å². The molecule has 0 spiro atoms. The highest BCUT2D eigenvalue weighted by Gasteiger charge is 2.30. The smallest absolute Gasteiger partial charge is 0.219 e. The zero-order valence-electron chi connectivity index (χ0n) is 15.7. The van der Waals surface area contributed by atoms with E-state index < -0.39 is 0 Å². The largest absolute Gasteiger partial charge is 0.368 e. The number of aliphatic imine (C=N–C) groups is 1. The minimum absolute atomic E-state index is 0.0550. The van der Waals surface area contributed by atoms with Crippen LogP contribution in [-0.4, -0.2) is 49.0 Å². The minimum Gasteiger partial charge on any atom is -0.368 e. The molecule has 7 nitrogen and oxygen atoms in total. The number of halogens is 2. The van der Waals surface area contributed by atoms with Gasteiger partial charge in [-0.3, -0.25) is 4.79 Å². The molecule has 0 saturated carbocycles. The predicted octanol–water partition coefficient (Wildman–Crippen LogP) is 1.40. The minimum atomic E-state index is -0.304. The third-order valence-corrected chi connectivity index (χ3v) is 5.68. The average Bonchev–Trinajstić information content (AvgIpc) is 3.10. The lowest BCUT2D eigenvalue weighted by atomic mass is 9.97. The van der Waals surface area contributed by atoms with E-state index in [2.05, 4.69) is 26.3 Å². The van der Waals surface area contributed by atoms with Gasteiger partial charge in [0.15, 0.2) is 11.6 Å². The number of amidine groups is 1. The fraction of sp³-hybridized carbons (Fsp3) is 0.474. The number of nitrogens with one attached hydrogen (secondary N) is 4. The van der Waals surface area contributed by atoms with Crippen molar-refractivity contribution < 1.29 is 9.18 Å². The number of rotatable bonds is 4. The summed E-state index contributed by atoms with van der Waals surface area (Å²) in [5, 5.41) is 13.2. The van der Waals surface area contributed by atoms with Crippen molar-refractivity contribution in [3.8, 4) is 0 Å². The molecule has 9 heteroatoms. The highest BCUT2D eigenvalue weighted by Crippen LogP contribution is 2.27. The highest BCUT2D eigenvalue weighted by molar-refractivity contribution is 6.31. The third-order valence-electron chi connectivity index (χ3n) is 5.46. The van der Waals surface area contributed by atoms with E-state index in [0.717, 1.165) is 37.1 Å². The van der Waals surface area contributed by atoms with Crippen LogP contribution >= 0.6 is 11.6 Å². The molecule has 1 amide bonds. The third kappa shape index (κ3) is 3.87. The number of carbonyl (C=O) groups is 1. The first-order chi connectivity index (χ1) is 13.5. The molecule has 28 heavy (non-hydrogen) atoms. The topological polar surface area (TPSA) is 80.8 Å². The van der Waals surface area contributed by atoms with Crippen molar-refractivity contribution in [2.75, 3.05) is 26.2 Å². The van der Waals surface area contributed by atoms with Crippen molar-refractivity contribution in [1.82, 2.24) is 26.2 Å². The van der Waals surface area contributed by atoms with E-state index in [1.165, 1.54) is 0 Å². The molecular formula is C19H24ClFN6O. The Kier molecular flexibility index (Phi) is 5.30. The Bertz CT molecular complexity index is 822. The van der Waals surface area contributed by atoms with Gasteiger partial charge in [-0.2, -0.15) is 0 Å². The van der Waals surface area contributed by atoms with Gasteiger partial charge in [0, 0.05) is 50.1 Å². The molecule has 1 atom stereocenters. The number of likely N-dealkylation sites (tertiary alicyclic amines) is 1. The zero-order valence-corrected chi connectivity index (χ0v) is 16.4. The molecule has 0 aromatic rings. The summed E-state index contributed by atoms with van der Waals surface area (Å²) in [5.41, 5.74) is 1.84. The summed E-state index contributed by atoms with van der Waals surface area (Å²) in [7, 11) is 0. The van der Waals surface area contributed by atoms with Crippen molar-refractivity contribution in [3.63, 3.8) is 0 Å². The fourth-order valence-corrected chi connectivity index (χ4v) is 3.97. The Morgan fingerprint density at radius 3 is 2.86 bits per heavy atom. The second kappa shape index (κ2) is 7.87. The number of carbonyl (C=O) groups excluding carboxylic acids is 1. The maximum Gasteiger partial charge on any atom is 0.219 e. The number of hydrogen-bond acceptors (Lipinski definition) is 6. The number of piperidine rings is 1. The fourth-order valence-electron chi connectivity index (χ4n) is 3.79. The molecule has 4 aliphatic rings. The monoisotopic (exact) mass is 406 g/mol. The molecule has 4 N–H and O–H groups in total. The lowest BCUT2D eigenvalue weighted by Gasteiger charge is -2.31. The van der Waals surface area contributed by atoms with Crippen LogP contribution in [0.3, 0.4) is 0 Å². The van der Waals surface area contributed by atoms with Crippen LogP contribution in [0.1, 0.15) is 19.8 Å². The molecule has 0 aromatic carbocycles. The second-order valence-corrected chi connectivity index (χ2v) is 7.79. The maximum atomic E-state index is 14.3. The van der Waals surface area contributed by atoms with Crippen molar-refractivity contribution in [2.24, 2.45) is 10.9 Å². The molecule has 4 heterocycles. The molecule has 1 saturated heterocycles. The normalized spacial score (nSPS) is 24.8. The van der Waals surface area contributed by atoms with Crippen LogP contribution in [0.5, 0.6) is 0 Å². The first-order valence-electron chi connectivity index (χ1n) is 9.52. The van der Waals surface area contributed by atoms with Gasteiger partial charge >= 0.3 is 0 Å². The van der Waals surface area contributed by atoms with Crippen molar-refractivity contribution in [2.45, 2.75) is 25.9 Å². The Balaban J connectivity index is 1.40. The van der Waals surface area contributed by atoms with Crippen LogP contribution in [-0.2, 0) is 4.79 Å². The number of allylic oxidation sites excluding steroid dienone is 2. The van der Waals surface area contributed by atoms with E-state index in [0.29, 0.717) is 23.3 Å². The number of nitrogens with zero attached hydrogens (tertiary/aromatic N) is 2. The van der Waals surface area contributed by atoms with Gasteiger partial charge in [-0.15, -0.1) is 0 Å². The molecule has 150 valence electrons. The molecule has 1 fully saturated rings. The number of amides is 1. The van der Waals surface area contributed by atoms with Crippen molar-refractivity contribution in [3.05, 3.63) is 46.3 Å². The summed E-state index contributed by atoms with van der Waals surface area (Å²) in [5.74, 6) is 1.10. The van der Waals surface area contributed by atoms with Gasteiger partial charge in [0.1, 0.15) is 12.0 Å². The van der Waals surface area contributed by atoms with Gasteiger partial charge in [-0.25, -0.2) is 9.38 Å². The first kappa shape index (κ1) is 18.9. The van der Waals surface area contributed by atoms with Crippen LogP contribution < -0.4 is 21.3 Å². The quantitative estimate of drug-likeness (QED) is 0.567. The lowest BCUT2D eigenvalue weighted by molar-refractivity contribution is -0.130. The Morgan fingerprint density at radius 1 is 1.36 bits per heavy atom. The molecule has 4 rings (SSSR count). The van der Waals surface area contributed by atoms with E-state index >= 15 is 0 Å².